The Morgan fingerprint density at radius 1 is 1.56 bits per heavy atom. The summed E-state index contributed by atoms with van der Waals surface area (Å²) in [5, 5.41) is 19.9. The Morgan fingerprint density at radius 3 is 2.75 bits per heavy atom. The summed E-state index contributed by atoms with van der Waals surface area (Å²) in [6.07, 6.45) is 2.04. The maximum Gasteiger partial charge on any atom is 0.272 e. The molecule has 1 aliphatic rings. The number of hydrogen-bond acceptors (Lipinski definition) is 3. The molecule has 4 heteroatoms. The van der Waals surface area contributed by atoms with Crippen LogP contribution in [-0.4, -0.2) is 16.6 Å². The van der Waals surface area contributed by atoms with Gasteiger partial charge >= 0.3 is 0 Å². The van der Waals surface area contributed by atoms with Crippen molar-refractivity contribution in [2.24, 2.45) is 0 Å². The van der Waals surface area contributed by atoms with Crippen LogP contribution < -0.4 is 0 Å². The Morgan fingerprint density at radius 2 is 2.25 bits per heavy atom. The maximum atomic E-state index is 10.8. The molecule has 0 amide bonds. The SMILES string of the molecule is [CH2]C(CO)c1ccc([N+](=O)[O-])c(C2CC2)c1. The maximum absolute atomic E-state index is 10.8. The highest BCUT2D eigenvalue weighted by atomic mass is 16.6. The molecule has 0 bridgehead atoms. The first kappa shape index (κ1) is 11.1. The van der Waals surface area contributed by atoms with E-state index in [4.69, 9.17) is 5.11 Å². The van der Waals surface area contributed by atoms with Gasteiger partial charge in [0.2, 0.25) is 0 Å². The number of nitrogens with zero attached hydrogens (tertiary/aromatic N) is 1. The van der Waals surface area contributed by atoms with Gasteiger partial charge in [0.05, 0.1) is 4.92 Å². The fourth-order valence-electron chi connectivity index (χ4n) is 1.82. The minimum atomic E-state index is -0.339. The van der Waals surface area contributed by atoms with Crippen LogP contribution in [0, 0.1) is 17.0 Å². The van der Waals surface area contributed by atoms with Gasteiger partial charge in [0.1, 0.15) is 0 Å². The second-order valence-electron chi connectivity index (χ2n) is 4.23. The molecule has 0 saturated heterocycles. The molecule has 0 spiro atoms. The average Bonchev–Trinajstić information content (AvgIpc) is 3.10. The second kappa shape index (κ2) is 4.22. The Kier molecular flexibility index (Phi) is 2.92. The van der Waals surface area contributed by atoms with Crippen molar-refractivity contribution in [3.63, 3.8) is 0 Å². The van der Waals surface area contributed by atoms with Gasteiger partial charge in [-0.1, -0.05) is 6.07 Å². The van der Waals surface area contributed by atoms with E-state index in [9.17, 15) is 10.1 Å². The van der Waals surface area contributed by atoms with Gasteiger partial charge in [0, 0.05) is 24.2 Å². The van der Waals surface area contributed by atoms with Crippen molar-refractivity contribution in [3.8, 4) is 0 Å². The van der Waals surface area contributed by atoms with Gasteiger partial charge in [-0.2, -0.15) is 0 Å². The van der Waals surface area contributed by atoms with Crippen molar-refractivity contribution in [3.05, 3.63) is 46.4 Å². The number of hydrogen-bond donors (Lipinski definition) is 1. The number of aliphatic hydroxyl groups excluding tert-OH is 1. The lowest BCUT2D eigenvalue weighted by Crippen LogP contribution is -2.02. The summed E-state index contributed by atoms with van der Waals surface area (Å²) in [7, 11) is 0. The molecule has 1 atom stereocenters. The van der Waals surface area contributed by atoms with Gasteiger partial charge in [-0.05, 0) is 37.3 Å². The molecular weight excluding hydrogens is 206 g/mol. The predicted molar refractivity (Wildman–Crippen MR) is 60.3 cm³/mol. The van der Waals surface area contributed by atoms with E-state index >= 15 is 0 Å². The Hall–Kier alpha value is -1.42. The molecule has 0 aliphatic heterocycles. The van der Waals surface area contributed by atoms with Crippen LogP contribution in [-0.2, 0) is 0 Å². The summed E-state index contributed by atoms with van der Waals surface area (Å²) < 4.78 is 0. The molecule has 1 aliphatic carbocycles. The molecule has 1 radical (unpaired) electrons. The smallest absolute Gasteiger partial charge is 0.272 e. The molecule has 1 unspecified atom stereocenters. The standard InChI is InChI=1S/C12H14NO3/c1-8(7-14)10-4-5-12(13(15)16)11(6-10)9-2-3-9/h4-6,8-9,14H,1-3,7H2. The number of benzene rings is 1. The van der Waals surface area contributed by atoms with Gasteiger partial charge in [-0.25, -0.2) is 0 Å². The summed E-state index contributed by atoms with van der Waals surface area (Å²) >= 11 is 0. The molecule has 4 nitrogen and oxygen atoms in total. The van der Waals surface area contributed by atoms with Crippen LogP contribution in [0.4, 0.5) is 5.69 Å². The normalized spacial score (nSPS) is 17.1. The van der Waals surface area contributed by atoms with E-state index in [1.165, 1.54) is 6.07 Å². The van der Waals surface area contributed by atoms with Crippen molar-refractivity contribution >= 4 is 5.69 Å². The predicted octanol–water partition coefficient (Wildman–Crippen LogP) is 2.38. The van der Waals surface area contributed by atoms with Crippen molar-refractivity contribution in [2.75, 3.05) is 6.61 Å². The third-order valence-electron chi connectivity index (χ3n) is 2.96. The van der Waals surface area contributed by atoms with Gasteiger partial charge < -0.3 is 5.11 Å². The lowest BCUT2D eigenvalue weighted by Gasteiger charge is -2.10. The fourth-order valence-corrected chi connectivity index (χ4v) is 1.82. The molecule has 2 rings (SSSR count). The zero-order chi connectivity index (χ0) is 11.7. The third kappa shape index (κ3) is 2.07. The first-order chi connectivity index (χ1) is 7.63. The minimum Gasteiger partial charge on any atom is -0.396 e. The molecular formula is C12H14NO3. The van der Waals surface area contributed by atoms with Crippen LogP contribution in [0.15, 0.2) is 18.2 Å². The number of nitro benzene ring substituents is 1. The monoisotopic (exact) mass is 220 g/mol. The van der Waals surface area contributed by atoms with Crippen LogP contribution >= 0.6 is 0 Å². The Bertz CT molecular complexity index is 413. The van der Waals surface area contributed by atoms with Crippen LogP contribution in [0.25, 0.3) is 0 Å². The second-order valence-corrected chi connectivity index (χ2v) is 4.23. The first-order valence-corrected chi connectivity index (χ1v) is 5.35. The van der Waals surface area contributed by atoms with Gasteiger partial charge in [0.15, 0.2) is 0 Å². The molecule has 0 aromatic heterocycles. The minimum absolute atomic E-state index is 0.0398. The molecule has 1 N–H and O–H groups in total. The van der Waals surface area contributed by atoms with Crippen molar-refractivity contribution < 1.29 is 10.0 Å². The van der Waals surface area contributed by atoms with Crippen molar-refractivity contribution in [1.82, 2.24) is 0 Å². The van der Waals surface area contributed by atoms with E-state index < -0.39 is 0 Å². The summed E-state index contributed by atoms with van der Waals surface area (Å²) in [5.74, 6) is 0.115. The number of rotatable bonds is 4. The van der Waals surface area contributed by atoms with Crippen LogP contribution in [0.5, 0.6) is 0 Å². The van der Waals surface area contributed by atoms with E-state index in [1.54, 1.807) is 6.07 Å². The Labute approximate surface area is 94.1 Å². The highest BCUT2D eigenvalue weighted by molar-refractivity contribution is 5.47. The molecule has 0 heterocycles. The quantitative estimate of drug-likeness (QED) is 0.626. The highest BCUT2D eigenvalue weighted by Crippen LogP contribution is 2.44. The van der Waals surface area contributed by atoms with Crippen molar-refractivity contribution in [2.45, 2.75) is 24.7 Å². The molecule has 1 aromatic rings. The molecule has 1 fully saturated rings. The largest absolute Gasteiger partial charge is 0.396 e. The molecule has 16 heavy (non-hydrogen) atoms. The van der Waals surface area contributed by atoms with E-state index in [0.717, 1.165) is 24.0 Å². The molecule has 85 valence electrons. The number of nitro groups is 1. The lowest BCUT2D eigenvalue weighted by molar-refractivity contribution is -0.385. The van der Waals surface area contributed by atoms with E-state index in [-0.39, 0.29) is 23.1 Å². The van der Waals surface area contributed by atoms with Crippen LogP contribution in [0.1, 0.15) is 35.8 Å². The van der Waals surface area contributed by atoms with Crippen LogP contribution in [0.2, 0.25) is 0 Å². The topological polar surface area (TPSA) is 63.4 Å². The molecule has 1 saturated carbocycles. The summed E-state index contributed by atoms with van der Waals surface area (Å²) in [5.41, 5.74) is 1.86. The lowest BCUT2D eigenvalue weighted by atomic mass is 9.97. The zero-order valence-electron chi connectivity index (χ0n) is 8.93. The van der Waals surface area contributed by atoms with Gasteiger partial charge in [-0.3, -0.25) is 10.1 Å². The summed E-state index contributed by atoms with van der Waals surface area (Å²) in [6, 6.07) is 5.03. The van der Waals surface area contributed by atoms with Gasteiger partial charge in [0.25, 0.3) is 5.69 Å². The van der Waals surface area contributed by atoms with Gasteiger partial charge in [-0.15, -0.1) is 0 Å². The number of aliphatic hydroxyl groups is 1. The average molecular weight is 220 g/mol. The van der Waals surface area contributed by atoms with E-state index in [2.05, 4.69) is 6.92 Å². The van der Waals surface area contributed by atoms with Crippen LogP contribution in [0.3, 0.4) is 0 Å². The van der Waals surface area contributed by atoms with E-state index in [0.29, 0.717) is 5.92 Å². The van der Waals surface area contributed by atoms with E-state index in [1.807, 2.05) is 6.07 Å². The third-order valence-corrected chi connectivity index (χ3v) is 2.96. The Balaban J connectivity index is 2.39. The summed E-state index contributed by atoms with van der Waals surface area (Å²) in [6.45, 7) is 3.76. The fraction of sp³-hybridized carbons (Fsp3) is 0.417. The van der Waals surface area contributed by atoms with Crippen molar-refractivity contribution in [1.29, 1.82) is 0 Å². The first-order valence-electron chi connectivity index (χ1n) is 5.35. The molecule has 1 aromatic carbocycles. The highest BCUT2D eigenvalue weighted by Gasteiger charge is 2.30. The summed E-state index contributed by atoms with van der Waals surface area (Å²) in [4.78, 5) is 10.5. The zero-order valence-corrected chi connectivity index (χ0v) is 8.93.